The molecule has 1 aliphatic heterocycles. The number of rotatable bonds is 5. The first kappa shape index (κ1) is 16.5. The SMILES string of the molecule is O=C(Nc1cccc(-n2cccn2)c1)[C@@H]1CCCN1Cc1cccnc1. The van der Waals surface area contributed by atoms with Gasteiger partial charge in [0.15, 0.2) is 0 Å². The molecule has 0 saturated carbocycles. The summed E-state index contributed by atoms with van der Waals surface area (Å²) in [4.78, 5) is 19.2. The van der Waals surface area contributed by atoms with Gasteiger partial charge in [0.05, 0.1) is 11.7 Å². The maximum atomic E-state index is 12.8. The van der Waals surface area contributed by atoms with E-state index in [4.69, 9.17) is 0 Å². The predicted molar refractivity (Wildman–Crippen MR) is 99.9 cm³/mol. The Kier molecular flexibility index (Phi) is 4.75. The van der Waals surface area contributed by atoms with Gasteiger partial charge in [-0.25, -0.2) is 4.68 Å². The van der Waals surface area contributed by atoms with Crippen LogP contribution in [-0.2, 0) is 11.3 Å². The molecule has 1 aromatic carbocycles. The summed E-state index contributed by atoms with van der Waals surface area (Å²) in [7, 11) is 0. The van der Waals surface area contributed by atoms with Gasteiger partial charge in [0, 0.05) is 37.0 Å². The Morgan fingerprint density at radius 1 is 1.19 bits per heavy atom. The number of carbonyl (C=O) groups is 1. The van der Waals surface area contributed by atoms with E-state index in [-0.39, 0.29) is 11.9 Å². The third-order valence-corrected chi connectivity index (χ3v) is 4.66. The van der Waals surface area contributed by atoms with Crippen LogP contribution < -0.4 is 5.32 Å². The fourth-order valence-electron chi connectivity index (χ4n) is 3.41. The van der Waals surface area contributed by atoms with Crippen LogP contribution in [0.4, 0.5) is 5.69 Å². The molecule has 0 radical (unpaired) electrons. The number of likely N-dealkylation sites (tertiary alicyclic amines) is 1. The number of pyridine rings is 1. The third kappa shape index (κ3) is 3.65. The van der Waals surface area contributed by atoms with Gasteiger partial charge in [0.1, 0.15) is 0 Å². The summed E-state index contributed by atoms with van der Waals surface area (Å²) in [6.07, 6.45) is 9.16. The highest BCUT2D eigenvalue weighted by Gasteiger charge is 2.30. The van der Waals surface area contributed by atoms with E-state index < -0.39 is 0 Å². The van der Waals surface area contributed by atoms with Gasteiger partial charge in [0.25, 0.3) is 0 Å². The van der Waals surface area contributed by atoms with E-state index in [9.17, 15) is 4.79 Å². The van der Waals surface area contributed by atoms with Crippen LogP contribution in [0.15, 0.2) is 67.3 Å². The quantitative estimate of drug-likeness (QED) is 0.771. The average Bonchev–Trinajstić information content (AvgIpc) is 3.35. The molecule has 6 nitrogen and oxygen atoms in total. The first-order chi connectivity index (χ1) is 12.8. The first-order valence-corrected chi connectivity index (χ1v) is 8.83. The van der Waals surface area contributed by atoms with Crippen LogP contribution >= 0.6 is 0 Å². The average molecular weight is 347 g/mol. The maximum Gasteiger partial charge on any atom is 0.241 e. The van der Waals surface area contributed by atoms with Gasteiger partial charge in [-0.3, -0.25) is 14.7 Å². The van der Waals surface area contributed by atoms with Crippen LogP contribution in [-0.4, -0.2) is 38.2 Å². The van der Waals surface area contributed by atoms with Crippen molar-refractivity contribution in [1.29, 1.82) is 0 Å². The maximum absolute atomic E-state index is 12.8. The van der Waals surface area contributed by atoms with E-state index >= 15 is 0 Å². The second-order valence-corrected chi connectivity index (χ2v) is 6.48. The standard InChI is InChI=1S/C20H21N5O/c26-20(19-8-3-11-24(19)15-16-5-2-9-21-14-16)23-17-6-1-7-18(13-17)25-12-4-10-22-25/h1-2,4-7,9-10,12-14,19H,3,8,11,15H2,(H,23,26)/t19-/m0/s1. The van der Waals surface area contributed by atoms with Crippen LogP contribution in [0.25, 0.3) is 5.69 Å². The van der Waals surface area contributed by atoms with Gasteiger partial charge >= 0.3 is 0 Å². The summed E-state index contributed by atoms with van der Waals surface area (Å²) in [6.45, 7) is 1.68. The highest BCUT2D eigenvalue weighted by molar-refractivity contribution is 5.95. The van der Waals surface area contributed by atoms with Crippen molar-refractivity contribution >= 4 is 11.6 Å². The number of hydrogen-bond acceptors (Lipinski definition) is 4. The van der Waals surface area contributed by atoms with Gasteiger partial charge in [-0.05, 0) is 55.3 Å². The van der Waals surface area contributed by atoms with Crippen LogP contribution in [0, 0.1) is 0 Å². The number of benzene rings is 1. The zero-order valence-electron chi connectivity index (χ0n) is 14.5. The summed E-state index contributed by atoms with van der Waals surface area (Å²) in [6, 6.07) is 13.5. The highest BCUT2D eigenvalue weighted by Crippen LogP contribution is 2.22. The first-order valence-electron chi connectivity index (χ1n) is 8.83. The zero-order valence-corrected chi connectivity index (χ0v) is 14.5. The fraction of sp³-hybridized carbons (Fsp3) is 0.250. The molecule has 3 aromatic rings. The van der Waals surface area contributed by atoms with E-state index in [0.717, 1.165) is 42.9 Å². The molecule has 3 heterocycles. The summed E-state index contributed by atoms with van der Waals surface area (Å²) in [5.74, 6) is 0.0454. The minimum absolute atomic E-state index is 0.0454. The molecule has 4 rings (SSSR count). The van der Waals surface area contributed by atoms with Crippen molar-refractivity contribution in [3.8, 4) is 5.69 Å². The van der Waals surface area contributed by atoms with Crippen molar-refractivity contribution in [2.75, 3.05) is 11.9 Å². The lowest BCUT2D eigenvalue weighted by atomic mass is 10.2. The number of nitrogens with one attached hydrogen (secondary N) is 1. The monoisotopic (exact) mass is 347 g/mol. The summed E-state index contributed by atoms with van der Waals surface area (Å²) >= 11 is 0. The predicted octanol–water partition coefficient (Wildman–Crippen LogP) is 2.87. The van der Waals surface area contributed by atoms with Crippen LogP contribution in [0.2, 0.25) is 0 Å². The minimum Gasteiger partial charge on any atom is -0.325 e. The topological polar surface area (TPSA) is 63.1 Å². The molecule has 1 saturated heterocycles. The van der Waals surface area contributed by atoms with Crippen LogP contribution in [0.1, 0.15) is 18.4 Å². The van der Waals surface area contributed by atoms with Crippen molar-refractivity contribution in [3.05, 3.63) is 72.8 Å². The van der Waals surface area contributed by atoms with E-state index in [1.807, 2.05) is 54.9 Å². The van der Waals surface area contributed by atoms with Gasteiger partial charge < -0.3 is 5.32 Å². The largest absolute Gasteiger partial charge is 0.325 e. The smallest absolute Gasteiger partial charge is 0.241 e. The lowest BCUT2D eigenvalue weighted by molar-refractivity contribution is -0.120. The molecule has 0 unspecified atom stereocenters. The van der Waals surface area contributed by atoms with Gasteiger partial charge in [0.2, 0.25) is 5.91 Å². The normalized spacial score (nSPS) is 17.3. The Labute approximate surface area is 152 Å². The third-order valence-electron chi connectivity index (χ3n) is 4.66. The number of carbonyl (C=O) groups excluding carboxylic acids is 1. The van der Waals surface area contributed by atoms with E-state index in [0.29, 0.717) is 0 Å². The molecule has 0 spiro atoms. The molecular formula is C20H21N5O. The Morgan fingerprint density at radius 3 is 2.96 bits per heavy atom. The van der Waals surface area contributed by atoms with E-state index in [2.05, 4.69) is 20.3 Å². The molecule has 1 aliphatic rings. The number of anilines is 1. The number of nitrogens with zero attached hydrogens (tertiary/aromatic N) is 4. The Balaban J connectivity index is 1.45. The molecule has 26 heavy (non-hydrogen) atoms. The molecular weight excluding hydrogens is 326 g/mol. The van der Waals surface area contributed by atoms with Gasteiger partial charge in [-0.15, -0.1) is 0 Å². The summed E-state index contributed by atoms with van der Waals surface area (Å²) in [5, 5.41) is 7.30. The molecule has 0 bridgehead atoms. The van der Waals surface area contributed by atoms with Crippen molar-refractivity contribution in [3.63, 3.8) is 0 Å². The number of aromatic nitrogens is 3. The lowest BCUT2D eigenvalue weighted by Gasteiger charge is -2.23. The fourth-order valence-corrected chi connectivity index (χ4v) is 3.41. The second kappa shape index (κ2) is 7.49. The summed E-state index contributed by atoms with van der Waals surface area (Å²) < 4.78 is 1.78. The summed E-state index contributed by atoms with van der Waals surface area (Å²) in [5.41, 5.74) is 2.84. The second-order valence-electron chi connectivity index (χ2n) is 6.48. The Morgan fingerprint density at radius 2 is 2.15 bits per heavy atom. The van der Waals surface area contributed by atoms with Gasteiger partial charge in [-0.1, -0.05) is 12.1 Å². The number of amides is 1. The van der Waals surface area contributed by atoms with Crippen molar-refractivity contribution in [2.45, 2.75) is 25.4 Å². The Hall–Kier alpha value is -2.99. The molecule has 132 valence electrons. The Bertz CT molecular complexity index is 863. The molecule has 2 aromatic heterocycles. The molecule has 0 aliphatic carbocycles. The van der Waals surface area contributed by atoms with Crippen LogP contribution in [0.3, 0.4) is 0 Å². The van der Waals surface area contributed by atoms with Crippen LogP contribution in [0.5, 0.6) is 0 Å². The van der Waals surface area contributed by atoms with Crippen molar-refractivity contribution in [2.24, 2.45) is 0 Å². The molecule has 1 atom stereocenters. The van der Waals surface area contributed by atoms with E-state index in [1.54, 1.807) is 17.1 Å². The van der Waals surface area contributed by atoms with Gasteiger partial charge in [-0.2, -0.15) is 5.10 Å². The minimum atomic E-state index is -0.108. The number of hydrogen-bond donors (Lipinski definition) is 1. The van der Waals surface area contributed by atoms with Crippen molar-refractivity contribution < 1.29 is 4.79 Å². The van der Waals surface area contributed by atoms with E-state index in [1.165, 1.54) is 0 Å². The van der Waals surface area contributed by atoms with Crippen molar-refractivity contribution in [1.82, 2.24) is 19.7 Å². The highest BCUT2D eigenvalue weighted by atomic mass is 16.2. The zero-order chi connectivity index (χ0) is 17.8. The molecule has 6 heteroatoms. The molecule has 1 N–H and O–H groups in total. The molecule has 1 fully saturated rings. The molecule has 1 amide bonds. The lowest BCUT2D eigenvalue weighted by Crippen LogP contribution is -2.39.